The fourth-order valence-electron chi connectivity index (χ4n) is 1.79. The third-order valence-electron chi connectivity index (χ3n) is 2.77. The van der Waals surface area contributed by atoms with Crippen LogP contribution in [0.25, 0.3) is 0 Å². The van der Waals surface area contributed by atoms with E-state index in [0.29, 0.717) is 23.9 Å². The fourth-order valence-corrected chi connectivity index (χ4v) is 1.79. The number of aromatic nitrogens is 1. The highest BCUT2D eigenvalue weighted by atomic mass is 16.5. The summed E-state index contributed by atoms with van der Waals surface area (Å²) < 4.78 is 10.9. The molecule has 2 aromatic rings. The second-order valence-electron chi connectivity index (χ2n) is 4.52. The number of hydrogen-bond donors (Lipinski definition) is 2. The SMILES string of the molecule is CCOc1ccccc1OCNC(=O)Nc1cc(C)ccn1. The van der Waals surface area contributed by atoms with Gasteiger partial charge < -0.3 is 14.8 Å². The van der Waals surface area contributed by atoms with Crippen molar-refractivity contribution < 1.29 is 14.3 Å². The van der Waals surface area contributed by atoms with Crippen LogP contribution in [-0.4, -0.2) is 24.4 Å². The molecule has 0 unspecified atom stereocenters. The van der Waals surface area contributed by atoms with Crippen LogP contribution in [0.4, 0.5) is 10.6 Å². The largest absolute Gasteiger partial charge is 0.490 e. The number of hydrogen-bond acceptors (Lipinski definition) is 4. The van der Waals surface area contributed by atoms with Gasteiger partial charge in [0.25, 0.3) is 0 Å². The lowest BCUT2D eigenvalue weighted by Gasteiger charge is -2.12. The van der Waals surface area contributed by atoms with Gasteiger partial charge in [0.1, 0.15) is 5.82 Å². The van der Waals surface area contributed by atoms with E-state index >= 15 is 0 Å². The minimum Gasteiger partial charge on any atom is -0.490 e. The van der Waals surface area contributed by atoms with Gasteiger partial charge in [-0.2, -0.15) is 0 Å². The van der Waals surface area contributed by atoms with Gasteiger partial charge in [-0.05, 0) is 43.7 Å². The molecule has 1 aromatic carbocycles. The quantitative estimate of drug-likeness (QED) is 0.805. The average Bonchev–Trinajstić information content (AvgIpc) is 2.49. The van der Waals surface area contributed by atoms with E-state index < -0.39 is 0 Å². The summed E-state index contributed by atoms with van der Waals surface area (Å²) in [5, 5.41) is 5.24. The molecular formula is C16H19N3O3. The first kappa shape index (κ1) is 15.6. The molecule has 0 atom stereocenters. The van der Waals surface area contributed by atoms with E-state index in [1.165, 1.54) is 0 Å². The maximum absolute atomic E-state index is 11.8. The predicted molar refractivity (Wildman–Crippen MR) is 84.2 cm³/mol. The number of nitrogens with zero attached hydrogens (tertiary/aromatic N) is 1. The van der Waals surface area contributed by atoms with E-state index in [0.717, 1.165) is 5.56 Å². The lowest BCUT2D eigenvalue weighted by molar-refractivity contribution is 0.229. The second-order valence-corrected chi connectivity index (χ2v) is 4.52. The van der Waals surface area contributed by atoms with Crippen LogP contribution in [0.3, 0.4) is 0 Å². The summed E-state index contributed by atoms with van der Waals surface area (Å²) >= 11 is 0. The van der Waals surface area contributed by atoms with E-state index in [1.54, 1.807) is 18.3 Å². The zero-order valence-corrected chi connectivity index (χ0v) is 12.6. The Morgan fingerprint density at radius 3 is 2.59 bits per heavy atom. The van der Waals surface area contributed by atoms with Crippen LogP contribution in [0.1, 0.15) is 12.5 Å². The molecule has 2 amide bonds. The highest BCUT2D eigenvalue weighted by Gasteiger charge is 2.05. The molecule has 22 heavy (non-hydrogen) atoms. The molecule has 2 rings (SSSR count). The summed E-state index contributed by atoms with van der Waals surface area (Å²) in [6.45, 7) is 4.41. The van der Waals surface area contributed by atoms with Gasteiger partial charge in [0.05, 0.1) is 6.61 Å². The van der Waals surface area contributed by atoms with Crippen molar-refractivity contribution in [3.05, 3.63) is 48.2 Å². The molecule has 1 aromatic heterocycles. The first-order chi connectivity index (χ1) is 10.7. The fraction of sp³-hybridized carbons (Fsp3) is 0.250. The molecule has 116 valence electrons. The molecular weight excluding hydrogens is 282 g/mol. The van der Waals surface area contributed by atoms with Gasteiger partial charge in [0.15, 0.2) is 18.2 Å². The zero-order valence-electron chi connectivity index (χ0n) is 12.6. The van der Waals surface area contributed by atoms with Gasteiger partial charge in [-0.1, -0.05) is 12.1 Å². The molecule has 6 heteroatoms. The van der Waals surface area contributed by atoms with E-state index in [1.807, 2.05) is 38.1 Å². The van der Waals surface area contributed by atoms with E-state index in [2.05, 4.69) is 15.6 Å². The monoisotopic (exact) mass is 301 g/mol. The van der Waals surface area contributed by atoms with E-state index in [-0.39, 0.29) is 12.8 Å². The summed E-state index contributed by atoms with van der Waals surface area (Å²) in [6, 6.07) is 10.6. The third kappa shape index (κ3) is 4.66. The minimum atomic E-state index is -0.382. The number of amides is 2. The normalized spacial score (nSPS) is 9.91. The number of aryl methyl sites for hydroxylation is 1. The van der Waals surface area contributed by atoms with Crippen LogP contribution < -0.4 is 20.1 Å². The summed E-state index contributed by atoms with van der Waals surface area (Å²) in [6.07, 6.45) is 1.64. The molecule has 0 saturated carbocycles. The van der Waals surface area contributed by atoms with Crippen molar-refractivity contribution in [1.82, 2.24) is 10.3 Å². The Balaban J connectivity index is 1.82. The number of pyridine rings is 1. The predicted octanol–water partition coefficient (Wildman–Crippen LogP) is 2.95. The average molecular weight is 301 g/mol. The second kappa shape index (κ2) is 7.87. The molecule has 1 heterocycles. The van der Waals surface area contributed by atoms with Crippen molar-refractivity contribution in [1.29, 1.82) is 0 Å². The van der Waals surface area contributed by atoms with E-state index in [4.69, 9.17) is 9.47 Å². The molecule has 0 aliphatic heterocycles. The summed E-state index contributed by atoms with van der Waals surface area (Å²) in [5.41, 5.74) is 1.02. The van der Waals surface area contributed by atoms with Crippen molar-refractivity contribution in [2.75, 3.05) is 18.7 Å². The van der Waals surface area contributed by atoms with Crippen LogP contribution in [0.15, 0.2) is 42.6 Å². The zero-order chi connectivity index (χ0) is 15.8. The highest BCUT2D eigenvalue weighted by molar-refractivity contribution is 5.88. The van der Waals surface area contributed by atoms with Crippen molar-refractivity contribution in [3.63, 3.8) is 0 Å². The number of ether oxygens (including phenoxy) is 2. The molecule has 0 aliphatic carbocycles. The Hall–Kier alpha value is -2.76. The molecule has 0 bridgehead atoms. The number of carbonyl (C=O) groups excluding carboxylic acids is 1. The number of rotatable bonds is 6. The van der Waals surface area contributed by atoms with Gasteiger partial charge >= 0.3 is 6.03 Å². The van der Waals surface area contributed by atoms with Crippen LogP contribution in [0, 0.1) is 6.92 Å². The van der Waals surface area contributed by atoms with Gasteiger partial charge in [0, 0.05) is 6.20 Å². The maximum atomic E-state index is 11.8. The molecule has 0 radical (unpaired) electrons. The topological polar surface area (TPSA) is 72.5 Å². The van der Waals surface area contributed by atoms with Crippen molar-refractivity contribution in [3.8, 4) is 11.5 Å². The number of carbonyl (C=O) groups is 1. The summed E-state index contributed by atoms with van der Waals surface area (Å²) in [7, 11) is 0. The van der Waals surface area contributed by atoms with Crippen LogP contribution in [-0.2, 0) is 0 Å². The number of anilines is 1. The first-order valence-corrected chi connectivity index (χ1v) is 7.01. The minimum absolute atomic E-state index is 0.0295. The Labute approximate surface area is 129 Å². The smallest absolute Gasteiger partial charge is 0.323 e. The summed E-state index contributed by atoms with van der Waals surface area (Å²) in [5.74, 6) is 1.72. The molecule has 0 spiro atoms. The van der Waals surface area contributed by atoms with Gasteiger partial charge in [-0.3, -0.25) is 5.32 Å². The third-order valence-corrected chi connectivity index (χ3v) is 2.77. The van der Waals surface area contributed by atoms with Gasteiger partial charge in [-0.15, -0.1) is 0 Å². The number of nitrogens with one attached hydrogen (secondary N) is 2. The first-order valence-electron chi connectivity index (χ1n) is 7.01. The van der Waals surface area contributed by atoms with E-state index in [9.17, 15) is 4.79 Å². The standard InChI is InChI=1S/C16H19N3O3/c1-3-21-13-6-4-5-7-14(13)22-11-18-16(20)19-15-10-12(2)8-9-17-15/h4-10H,3,11H2,1-2H3,(H2,17,18,19,20). The molecule has 6 nitrogen and oxygen atoms in total. The van der Waals surface area contributed by atoms with Crippen LogP contribution in [0.2, 0.25) is 0 Å². The van der Waals surface area contributed by atoms with Crippen LogP contribution in [0.5, 0.6) is 11.5 Å². The van der Waals surface area contributed by atoms with Crippen molar-refractivity contribution in [2.24, 2.45) is 0 Å². The Morgan fingerprint density at radius 1 is 1.18 bits per heavy atom. The lowest BCUT2D eigenvalue weighted by Crippen LogP contribution is -2.32. The summed E-state index contributed by atoms with van der Waals surface area (Å²) in [4.78, 5) is 15.8. The van der Waals surface area contributed by atoms with Gasteiger partial charge in [-0.25, -0.2) is 9.78 Å². The lowest BCUT2D eigenvalue weighted by atomic mass is 10.3. The Bertz CT molecular complexity index is 632. The Kier molecular flexibility index (Phi) is 5.59. The Morgan fingerprint density at radius 2 is 1.91 bits per heavy atom. The highest BCUT2D eigenvalue weighted by Crippen LogP contribution is 2.25. The molecule has 0 aliphatic rings. The molecule has 0 saturated heterocycles. The number of benzene rings is 1. The number of urea groups is 1. The van der Waals surface area contributed by atoms with Crippen molar-refractivity contribution in [2.45, 2.75) is 13.8 Å². The maximum Gasteiger partial charge on any atom is 0.323 e. The van der Waals surface area contributed by atoms with Gasteiger partial charge in [0.2, 0.25) is 0 Å². The molecule has 2 N–H and O–H groups in total. The number of para-hydroxylation sites is 2. The van der Waals surface area contributed by atoms with Crippen LogP contribution >= 0.6 is 0 Å². The van der Waals surface area contributed by atoms with Crippen molar-refractivity contribution >= 4 is 11.8 Å². The molecule has 0 fully saturated rings.